The van der Waals surface area contributed by atoms with E-state index < -0.39 is 10.0 Å². The van der Waals surface area contributed by atoms with E-state index in [1.54, 1.807) is 48.7 Å². The molecule has 34 heavy (non-hydrogen) atoms. The second-order valence-electron chi connectivity index (χ2n) is 7.34. The molecule has 2 aromatic heterocycles. The monoisotopic (exact) mass is 476 g/mol. The highest BCUT2D eigenvalue weighted by Crippen LogP contribution is 2.23. The number of hydrogen-bond donors (Lipinski definition) is 3. The zero-order valence-corrected chi connectivity index (χ0v) is 19.5. The maximum atomic E-state index is 12.7. The highest BCUT2D eigenvalue weighted by atomic mass is 32.2. The smallest absolute Gasteiger partial charge is 0.261 e. The van der Waals surface area contributed by atoms with Crippen molar-refractivity contribution in [2.75, 3.05) is 22.0 Å². The molecule has 0 unspecified atom stereocenters. The number of nitrogens with one attached hydrogen (secondary N) is 3. The lowest BCUT2D eigenvalue weighted by Gasteiger charge is -2.11. The van der Waals surface area contributed by atoms with Gasteiger partial charge in [-0.3, -0.25) is 4.72 Å². The molecule has 0 saturated carbocycles. The number of aryl methyl sites for hydroxylation is 1. The topological polar surface area (TPSA) is 118 Å². The molecule has 4 aromatic rings. The maximum absolute atomic E-state index is 12.7. The predicted octanol–water partition coefficient (Wildman–Crippen LogP) is 4.87. The van der Waals surface area contributed by atoms with Gasteiger partial charge in [-0.1, -0.05) is 0 Å². The third kappa shape index (κ3) is 5.99. The summed E-state index contributed by atoms with van der Waals surface area (Å²) >= 11 is 0. The van der Waals surface area contributed by atoms with Crippen molar-refractivity contribution in [1.82, 2.24) is 15.0 Å². The molecule has 174 valence electrons. The fourth-order valence-corrected chi connectivity index (χ4v) is 4.15. The van der Waals surface area contributed by atoms with Crippen LogP contribution in [0.25, 0.3) is 0 Å². The quantitative estimate of drug-likeness (QED) is 0.313. The lowest BCUT2D eigenvalue weighted by atomic mass is 10.3. The van der Waals surface area contributed by atoms with Gasteiger partial charge >= 0.3 is 0 Å². The number of hydrogen-bond acceptors (Lipinski definition) is 8. The van der Waals surface area contributed by atoms with Crippen LogP contribution in [-0.4, -0.2) is 30.0 Å². The second kappa shape index (κ2) is 10.2. The highest BCUT2D eigenvalue weighted by molar-refractivity contribution is 7.92. The number of sulfonamides is 1. The van der Waals surface area contributed by atoms with Crippen LogP contribution in [0.1, 0.15) is 12.5 Å². The summed E-state index contributed by atoms with van der Waals surface area (Å²) in [6, 6.07) is 18.7. The molecule has 10 heteroatoms. The first-order chi connectivity index (χ1) is 16.4. The molecule has 0 amide bonds. The molecule has 0 aliphatic heterocycles. The van der Waals surface area contributed by atoms with Crippen LogP contribution in [0.4, 0.5) is 28.8 Å². The third-order valence-corrected chi connectivity index (χ3v) is 6.09. The van der Waals surface area contributed by atoms with E-state index in [0.717, 1.165) is 11.3 Å². The number of nitrogens with zero attached hydrogens (tertiary/aromatic N) is 3. The minimum absolute atomic E-state index is 0.155. The molecule has 0 bridgehead atoms. The number of rotatable bonds is 9. The molecule has 3 N–H and O–H groups in total. The highest BCUT2D eigenvalue weighted by Gasteiger charge is 2.14. The first kappa shape index (κ1) is 23.0. The summed E-state index contributed by atoms with van der Waals surface area (Å²) < 4.78 is 33.3. The van der Waals surface area contributed by atoms with Crippen LogP contribution in [0, 0.1) is 6.92 Å². The Labute approximate surface area is 198 Å². The van der Waals surface area contributed by atoms with Gasteiger partial charge in [0.1, 0.15) is 29.5 Å². The lowest BCUT2D eigenvalue weighted by molar-refractivity contribution is 0.340. The zero-order chi connectivity index (χ0) is 24.0. The van der Waals surface area contributed by atoms with Crippen LogP contribution in [0.15, 0.2) is 84.1 Å². The van der Waals surface area contributed by atoms with Crippen LogP contribution in [-0.2, 0) is 10.0 Å². The van der Waals surface area contributed by atoms with Gasteiger partial charge in [-0.25, -0.2) is 23.4 Å². The maximum Gasteiger partial charge on any atom is 0.261 e. The van der Waals surface area contributed by atoms with Crippen LogP contribution in [0.3, 0.4) is 0 Å². The fraction of sp³-hybridized carbons (Fsp3) is 0.125. The Morgan fingerprint density at radius 3 is 2.12 bits per heavy atom. The molecule has 0 atom stereocenters. The summed E-state index contributed by atoms with van der Waals surface area (Å²) in [5.74, 6) is 2.48. The molecule has 0 saturated heterocycles. The number of ether oxygens (including phenoxy) is 1. The van der Waals surface area contributed by atoms with Gasteiger partial charge in [-0.05, 0) is 80.1 Å². The van der Waals surface area contributed by atoms with Crippen LogP contribution >= 0.6 is 0 Å². The molecule has 0 aliphatic carbocycles. The van der Waals surface area contributed by atoms with Crippen LogP contribution < -0.4 is 20.1 Å². The van der Waals surface area contributed by atoms with Crippen molar-refractivity contribution in [2.45, 2.75) is 18.7 Å². The number of pyridine rings is 1. The Bertz CT molecular complexity index is 1360. The van der Waals surface area contributed by atoms with Crippen molar-refractivity contribution in [3.8, 4) is 5.75 Å². The van der Waals surface area contributed by atoms with Gasteiger partial charge in [0.15, 0.2) is 0 Å². The fourth-order valence-electron chi connectivity index (χ4n) is 3.10. The molecule has 2 heterocycles. The van der Waals surface area contributed by atoms with Crippen molar-refractivity contribution < 1.29 is 13.2 Å². The lowest BCUT2D eigenvalue weighted by Crippen LogP contribution is -2.12. The number of benzene rings is 2. The predicted molar refractivity (Wildman–Crippen MR) is 132 cm³/mol. The summed E-state index contributed by atoms with van der Waals surface area (Å²) in [4.78, 5) is 12.9. The number of anilines is 5. The van der Waals surface area contributed by atoms with E-state index in [9.17, 15) is 8.42 Å². The Morgan fingerprint density at radius 2 is 1.44 bits per heavy atom. The van der Waals surface area contributed by atoms with Gasteiger partial charge < -0.3 is 15.4 Å². The van der Waals surface area contributed by atoms with Gasteiger partial charge in [0.25, 0.3) is 10.0 Å². The molecule has 0 aliphatic rings. The first-order valence-electron chi connectivity index (χ1n) is 10.6. The van der Waals surface area contributed by atoms with E-state index in [-0.39, 0.29) is 4.90 Å². The minimum Gasteiger partial charge on any atom is -0.494 e. The summed E-state index contributed by atoms with van der Waals surface area (Å²) in [6.45, 7) is 4.37. The van der Waals surface area contributed by atoms with E-state index in [1.165, 1.54) is 18.5 Å². The Morgan fingerprint density at radius 1 is 0.794 bits per heavy atom. The summed E-state index contributed by atoms with van der Waals surface area (Å²) in [5.41, 5.74) is 2.26. The Hall–Kier alpha value is -4.18. The largest absolute Gasteiger partial charge is 0.494 e. The standard InChI is InChI=1S/C24H24N6O3S/c1-3-33-20-8-10-21(11-9-20)34(31,32)30-19-6-4-18(5-7-19)28-23-15-24(27-16-26-23)29-22-14-17(2)12-13-25-22/h4-16,30H,3H2,1-2H3,(H2,25,26,27,28,29). The number of aromatic nitrogens is 3. The second-order valence-corrected chi connectivity index (χ2v) is 9.03. The van der Waals surface area contributed by atoms with Crippen molar-refractivity contribution in [2.24, 2.45) is 0 Å². The van der Waals surface area contributed by atoms with Crippen LogP contribution in [0.2, 0.25) is 0 Å². The van der Waals surface area contributed by atoms with E-state index in [2.05, 4.69) is 30.3 Å². The van der Waals surface area contributed by atoms with Crippen LogP contribution in [0.5, 0.6) is 5.75 Å². The Kier molecular flexibility index (Phi) is 6.88. The molecule has 9 nitrogen and oxygen atoms in total. The van der Waals surface area contributed by atoms with Gasteiger partial charge in [-0.2, -0.15) is 0 Å². The minimum atomic E-state index is -3.72. The van der Waals surface area contributed by atoms with Gasteiger partial charge in [0.2, 0.25) is 0 Å². The van der Waals surface area contributed by atoms with Crippen molar-refractivity contribution >= 4 is 38.9 Å². The SMILES string of the molecule is CCOc1ccc(S(=O)(=O)Nc2ccc(Nc3cc(Nc4cc(C)ccn4)ncn3)cc2)cc1. The van der Waals surface area contributed by atoms with Crippen molar-refractivity contribution in [3.63, 3.8) is 0 Å². The van der Waals surface area contributed by atoms with Gasteiger partial charge in [-0.15, -0.1) is 0 Å². The van der Waals surface area contributed by atoms with E-state index >= 15 is 0 Å². The third-order valence-electron chi connectivity index (χ3n) is 4.69. The van der Waals surface area contributed by atoms with Gasteiger partial charge in [0.05, 0.1) is 11.5 Å². The van der Waals surface area contributed by atoms with Crippen molar-refractivity contribution in [3.05, 3.63) is 84.8 Å². The Balaban J connectivity index is 1.41. The average Bonchev–Trinajstić information content (AvgIpc) is 2.81. The summed E-state index contributed by atoms with van der Waals surface area (Å²) in [6.07, 6.45) is 3.17. The summed E-state index contributed by atoms with van der Waals surface area (Å²) in [5, 5.41) is 6.32. The molecular formula is C24H24N6O3S. The normalized spacial score (nSPS) is 11.0. The molecule has 0 radical (unpaired) electrons. The molecule has 0 spiro atoms. The van der Waals surface area contributed by atoms with Crippen molar-refractivity contribution in [1.29, 1.82) is 0 Å². The zero-order valence-electron chi connectivity index (χ0n) is 18.7. The summed E-state index contributed by atoms with van der Waals surface area (Å²) in [7, 11) is -3.72. The molecular weight excluding hydrogens is 452 g/mol. The van der Waals surface area contributed by atoms with Gasteiger partial charge in [0, 0.05) is 23.6 Å². The first-order valence-corrected chi connectivity index (χ1v) is 12.0. The molecule has 2 aromatic carbocycles. The molecule has 0 fully saturated rings. The van der Waals surface area contributed by atoms with E-state index in [0.29, 0.717) is 35.5 Å². The van der Waals surface area contributed by atoms with E-state index in [4.69, 9.17) is 4.74 Å². The average molecular weight is 477 g/mol. The van der Waals surface area contributed by atoms with E-state index in [1.807, 2.05) is 26.0 Å². The molecule has 4 rings (SSSR count).